The first-order chi connectivity index (χ1) is 14.1. The molecular weight excluding hydrogens is 370 g/mol. The minimum atomic E-state index is -0.451. The van der Waals surface area contributed by atoms with Crippen molar-refractivity contribution in [1.29, 1.82) is 0 Å². The Morgan fingerprint density at radius 3 is 1.69 bits per heavy atom. The van der Waals surface area contributed by atoms with E-state index in [1.165, 1.54) is 17.1 Å². The van der Waals surface area contributed by atoms with E-state index in [2.05, 4.69) is 0 Å². The van der Waals surface area contributed by atoms with E-state index in [-0.39, 0.29) is 29.6 Å². The van der Waals surface area contributed by atoms with Crippen LogP contribution in [0.25, 0.3) is 0 Å². The second kappa shape index (κ2) is 6.35. The van der Waals surface area contributed by atoms with Gasteiger partial charge in [-0.2, -0.15) is 5.01 Å². The molecule has 3 aromatic carbocycles. The van der Waals surface area contributed by atoms with Crippen molar-refractivity contribution in [1.82, 2.24) is 10.0 Å². The van der Waals surface area contributed by atoms with E-state index in [9.17, 15) is 19.7 Å². The maximum Gasteiger partial charge on any atom is 0.276 e. The molecule has 7 nitrogen and oxygen atoms in total. The van der Waals surface area contributed by atoms with Gasteiger partial charge in [-0.3, -0.25) is 19.7 Å². The van der Waals surface area contributed by atoms with Crippen LogP contribution < -0.4 is 0 Å². The molecule has 0 spiro atoms. The summed E-state index contributed by atoms with van der Waals surface area (Å²) in [5.41, 5.74) is 2.55. The van der Waals surface area contributed by atoms with Gasteiger partial charge in [0.25, 0.3) is 17.5 Å². The highest BCUT2D eigenvalue weighted by Gasteiger charge is 2.58. The number of rotatable bonds is 4. The number of nitro groups is 1. The minimum absolute atomic E-state index is 0.00191. The number of benzene rings is 3. The Bertz CT molecular complexity index is 1110. The predicted octanol–water partition coefficient (Wildman–Crippen LogP) is 3.90. The number of amides is 2. The number of non-ortho nitro benzene ring substituents is 1. The number of hydrazine groups is 1. The average Bonchev–Trinajstić information content (AvgIpc) is 3.43. The number of fused-ring (bicyclic) bond motifs is 1. The van der Waals surface area contributed by atoms with Crippen LogP contribution in [0.15, 0.2) is 78.9 Å². The number of nitrogens with zero attached hydrogens (tertiary/aromatic N) is 3. The smallest absolute Gasteiger partial charge is 0.267 e. The first-order valence-corrected chi connectivity index (χ1v) is 9.13. The molecule has 3 atom stereocenters. The van der Waals surface area contributed by atoms with E-state index < -0.39 is 4.92 Å². The van der Waals surface area contributed by atoms with Gasteiger partial charge >= 0.3 is 0 Å². The lowest BCUT2D eigenvalue weighted by Gasteiger charge is -2.16. The summed E-state index contributed by atoms with van der Waals surface area (Å²) in [6.45, 7) is 0. The first-order valence-electron chi connectivity index (χ1n) is 9.13. The zero-order valence-electron chi connectivity index (χ0n) is 15.1. The lowest BCUT2D eigenvalue weighted by atomic mass is 10.0. The summed E-state index contributed by atoms with van der Waals surface area (Å²) in [6.07, 6.45) is 0. The second-order valence-corrected chi connectivity index (χ2v) is 7.00. The SMILES string of the molecule is O=C1c2ccccc2C(=O)N1N1[C@@H](c2ccccc2)[C@@H]1c1ccc([N+](=O)[O-])cc1. The molecule has 0 saturated carbocycles. The van der Waals surface area contributed by atoms with Crippen LogP contribution in [0.4, 0.5) is 5.69 Å². The van der Waals surface area contributed by atoms with Crippen LogP contribution in [-0.2, 0) is 0 Å². The number of nitro benzene ring substituents is 1. The maximum atomic E-state index is 13.0. The molecule has 1 unspecified atom stereocenters. The molecule has 0 aromatic heterocycles. The predicted molar refractivity (Wildman–Crippen MR) is 104 cm³/mol. The molecule has 2 aliphatic heterocycles. The normalized spacial score (nSPS) is 22.5. The molecule has 5 rings (SSSR count). The van der Waals surface area contributed by atoms with Gasteiger partial charge in [0.2, 0.25) is 0 Å². The van der Waals surface area contributed by atoms with Gasteiger partial charge in [-0.05, 0) is 23.3 Å². The van der Waals surface area contributed by atoms with Crippen LogP contribution in [0.3, 0.4) is 0 Å². The maximum absolute atomic E-state index is 13.0. The van der Waals surface area contributed by atoms with Gasteiger partial charge in [0.05, 0.1) is 28.1 Å². The Morgan fingerprint density at radius 1 is 0.690 bits per heavy atom. The van der Waals surface area contributed by atoms with Crippen molar-refractivity contribution < 1.29 is 14.5 Å². The van der Waals surface area contributed by atoms with E-state index >= 15 is 0 Å². The average molecular weight is 385 g/mol. The Balaban J connectivity index is 1.54. The molecule has 2 aliphatic rings. The third-order valence-corrected chi connectivity index (χ3v) is 5.37. The molecule has 1 fully saturated rings. The highest BCUT2D eigenvalue weighted by Crippen LogP contribution is 2.56. The topological polar surface area (TPSA) is 83.5 Å². The lowest BCUT2D eigenvalue weighted by Crippen LogP contribution is -2.35. The van der Waals surface area contributed by atoms with Crippen molar-refractivity contribution in [3.8, 4) is 0 Å². The first kappa shape index (κ1) is 17.3. The van der Waals surface area contributed by atoms with Gasteiger partial charge in [-0.25, -0.2) is 5.01 Å². The summed E-state index contributed by atoms with van der Waals surface area (Å²) in [5.74, 6) is -0.702. The Kier molecular flexibility index (Phi) is 3.78. The molecule has 0 N–H and O–H groups in total. The minimum Gasteiger partial charge on any atom is -0.267 e. The molecule has 7 heteroatoms. The van der Waals surface area contributed by atoms with Crippen molar-refractivity contribution in [2.75, 3.05) is 0 Å². The number of carbonyl (C=O) groups is 2. The Labute approximate surface area is 165 Å². The molecule has 0 bridgehead atoms. The van der Waals surface area contributed by atoms with Crippen molar-refractivity contribution >= 4 is 17.5 Å². The van der Waals surface area contributed by atoms with Gasteiger partial charge < -0.3 is 0 Å². The summed E-state index contributed by atoms with van der Waals surface area (Å²) in [4.78, 5) is 36.4. The number of hydrogen-bond donors (Lipinski definition) is 0. The second-order valence-electron chi connectivity index (χ2n) is 7.00. The zero-order chi connectivity index (χ0) is 20.1. The lowest BCUT2D eigenvalue weighted by molar-refractivity contribution is -0.384. The zero-order valence-corrected chi connectivity index (χ0v) is 15.1. The summed E-state index contributed by atoms with van der Waals surface area (Å²) in [6, 6.07) is 22.1. The summed E-state index contributed by atoms with van der Waals surface area (Å²) < 4.78 is 0. The van der Waals surface area contributed by atoms with Crippen LogP contribution in [0.1, 0.15) is 43.9 Å². The Hall–Kier alpha value is -3.84. The molecule has 2 heterocycles. The molecule has 29 heavy (non-hydrogen) atoms. The summed E-state index contributed by atoms with van der Waals surface area (Å²) in [5, 5.41) is 13.9. The number of carbonyl (C=O) groups excluding carboxylic acids is 2. The van der Waals surface area contributed by atoms with E-state index in [0.29, 0.717) is 11.1 Å². The summed E-state index contributed by atoms with van der Waals surface area (Å²) >= 11 is 0. The monoisotopic (exact) mass is 385 g/mol. The molecular formula is C22H15N3O4. The van der Waals surface area contributed by atoms with Crippen LogP contribution in [0.5, 0.6) is 0 Å². The number of hydrogen-bond acceptors (Lipinski definition) is 5. The third kappa shape index (κ3) is 2.63. The van der Waals surface area contributed by atoms with Crippen molar-refractivity contribution in [2.24, 2.45) is 0 Å². The molecule has 1 saturated heterocycles. The molecule has 142 valence electrons. The van der Waals surface area contributed by atoms with Crippen molar-refractivity contribution in [3.63, 3.8) is 0 Å². The molecule has 3 aromatic rings. The molecule has 0 radical (unpaired) electrons. The molecule has 0 aliphatic carbocycles. The fraction of sp³-hybridized carbons (Fsp3) is 0.0909. The van der Waals surface area contributed by atoms with E-state index in [1.807, 2.05) is 30.3 Å². The van der Waals surface area contributed by atoms with Gasteiger partial charge in [-0.1, -0.05) is 54.6 Å². The van der Waals surface area contributed by atoms with E-state index in [4.69, 9.17) is 0 Å². The number of imide groups is 1. The fourth-order valence-corrected chi connectivity index (χ4v) is 3.97. The van der Waals surface area contributed by atoms with Crippen LogP contribution in [-0.4, -0.2) is 26.8 Å². The summed E-state index contributed by atoms with van der Waals surface area (Å²) in [7, 11) is 0. The highest BCUT2D eigenvalue weighted by atomic mass is 16.6. The molecule has 2 amide bonds. The van der Waals surface area contributed by atoms with Gasteiger partial charge in [0.15, 0.2) is 0 Å². The Morgan fingerprint density at radius 2 is 1.17 bits per heavy atom. The largest absolute Gasteiger partial charge is 0.276 e. The highest BCUT2D eigenvalue weighted by molar-refractivity contribution is 6.21. The van der Waals surface area contributed by atoms with Gasteiger partial charge in [0.1, 0.15) is 0 Å². The standard InChI is InChI=1S/C22H15N3O4/c26-21-17-8-4-5-9-18(17)22(27)24(21)23-19(14-6-2-1-3-7-14)20(23)15-10-12-16(13-11-15)25(28)29/h1-13,19-20H/t19-,20-,23?/m0/s1. The van der Waals surface area contributed by atoms with Crippen LogP contribution in [0.2, 0.25) is 0 Å². The van der Waals surface area contributed by atoms with Gasteiger partial charge in [-0.15, -0.1) is 0 Å². The van der Waals surface area contributed by atoms with Crippen molar-refractivity contribution in [2.45, 2.75) is 12.1 Å². The van der Waals surface area contributed by atoms with Crippen molar-refractivity contribution in [3.05, 3.63) is 111 Å². The van der Waals surface area contributed by atoms with Crippen LogP contribution >= 0.6 is 0 Å². The fourth-order valence-electron chi connectivity index (χ4n) is 3.97. The van der Waals surface area contributed by atoms with Gasteiger partial charge in [0, 0.05) is 12.1 Å². The van der Waals surface area contributed by atoms with E-state index in [0.717, 1.165) is 11.1 Å². The quantitative estimate of drug-likeness (QED) is 0.294. The van der Waals surface area contributed by atoms with E-state index in [1.54, 1.807) is 41.4 Å². The third-order valence-electron chi connectivity index (χ3n) is 5.37. The van der Waals surface area contributed by atoms with Crippen LogP contribution in [0, 0.1) is 10.1 Å².